The molecule has 0 bridgehead atoms. The summed E-state index contributed by atoms with van der Waals surface area (Å²) in [6.07, 6.45) is 2.11. The second-order valence-electron chi connectivity index (χ2n) is 5.35. The third-order valence-electron chi connectivity index (χ3n) is 3.44. The smallest absolute Gasteiger partial charge is 0.226 e. The average Bonchev–Trinajstić information content (AvgIpc) is 2.95. The standard InChI is InChI=1S/C16H19N3O2S.ClH/c1-11-9-21-16(18-11)12-3-2-4-13(7-12)19-15(20)8-14-10-22-6-5-17-14;/h2-4,7,9,14,17H,5-6,8,10H2,1H3,(H,19,20);1H. The highest BCUT2D eigenvalue weighted by Crippen LogP contribution is 2.22. The molecule has 1 aromatic heterocycles. The van der Waals surface area contributed by atoms with E-state index in [0.717, 1.165) is 35.0 Å². The van der Waals surface area contributed by atoms with Gasteiger partial charge >= 0.3 is 0 Å². The number of oxazole rings is 1. The molecule has 7 heteroatoms. The van der Waals surface area contributed by atoms with Crippen molar-refractivity contribution in [2.24, 2.45) is 0 Å². The van der Waals surface area contributed by atoms with Crippen molar-refractivity contribution in [2.75, 3.05) is 23.4 Å². The Bertz CT molecular complexity index is 656. The fourth-order valence-electron chi connectivity index (χ4n) is 2.40. The largest absolute Gasteiger partial charge is 0.444 e. The van der Waals surface area contributed by atoms with Crippen LogP contribution >= 0.6 is 24.2 Å². The zero-order valence-electron chi connectivity index (χ0n) is 12.9. The second-order valence-corrected chi connectivity index (χ2v) is 6.50. The molecule has 2 N–H and O–H groups in total. The summed E-state index contributed by atoms with van der Waals surface area (Å²) in [5.74, 6) is 2.71. The van der Waals surface area contributed by atoms with Crippen LogP contribution in [0.4, 0.5) is 5.69 Å². The van der Waals surface area contributed by atoms with Crippen molar-refractivity contribution in [3.8, 4) is 11.5 Å². The average molecular weight is 354 g/mol. The van der Waals surface area contributed by atoms with E-state index in [9.17, 15) is 4.79 Å². The minimum absolute atomic E-state index is 0. The Kier molecular flexibility index (Phi) is 6.50. The molecule has 0 spiro atoms. The van der Waals surface area contributed by atoms with Crippen molar-refractivity contribution < 1.29 is 9.21 Å². The number of halogens is 1. The SMILES string of the molecule is Cc1coc(-c2cccc(NC(=O)CC3CSCCN3)c2)n1.Cl. The maximum Gasteiger partial charge on any atom is 0.226 e. The summed E-state index contributed by atoms with van der Waals surface area (Å²) in [4.78, 5) is 16.4. The Balaban J connectivity index is 0.00000192. The molecule has 0 aliphatic carbocycles. The Labute approximate surface area is 146 Å². The molecule has 3 rings (SSSR count). The minimum Gasteiger partial charge on any atom is -0.444 e. The van der Waals surface area contributed by atoms with Gasteiger partial charge in [-0.15, -0.1) is 12.4 Å². The number of hydrogen-bond donors (Lipinski definition) is 2. The molecular weight excluding hydrogens is 334 g/mol. The summed E-state index contributed by atoms with van der Waals surface area (Å²) >= 11 is 1.89. The minimum atomic E-state index is 0. The first-order chi connectivity index (χ1) is 10.7. The molecule has 1 unspecified atom stereocenters. The van der Waals surface area contributed by atoms with E-state index in [0.29, 0.717) is 12.3 Å². The van der Waals surface area contributed by atoms with Crippen LogP contribution in [-0.4, -0.2) is 35.0 Å². The van der Waals surface area contributed by atoms with Crippen LogP contribution in [0.25, 0.3) is 11.5 Å². The van der Waals surface area contributed by atoms with Crippen molar-refractivity contribution in [3.05, 3.63) is 36.2 Å². The molecule has 23 heavy (non-hydrogen) atoms. The molecule has 2 aromatic rings. The van der Waals surface area contributed by atoms with Crippen molar-refractivity contribution in [3.63, 3.8) is 0 Å². The number of anilines is 1. The van der Waals surface area contributed by atoms with Crippen LogP contribution in [0.15, 0.2) is 34.9 Å². The number of aryl methyl sites for hydroxylation is 1. The summed E-state index contributed by atoms with van der Waals surface area (Å²) in [5, 5.41) is 6.32. The summed E-state index contributed by atoms with van der Waals surface area (Å²) in [7, 11) is 0. The van der Waals surface area contributed by atoms with Crippen molar-refractivity contribution >= 4 is 35.8 Å². The monoisotopic (exact) mass is 353 g/mol. The predicted molar refractivity (Wildman–Crippen MR) is 96.3 cm³/mol. The van der Waals surface area contributed by atoms with Crippen LogP contribution in [0.5, 0.6) is 0 Å². The van der Waals surface area contributed by atoms with Gasteiger partial charge in [0, 0.05) is 41.8 Å². The summed E-state index contributed by atoms with van der Waals surface area (Å²) in [5.41, 5.74) is 2.46. The Morgan fingerprint density at radius 3 is 3.09 bits per heavy atom. The van der Waals surface area contributed by atoms with Crippen molar-refractivity contribution in [2.45, 2.75) is 19.4 Å². The van der Waals surface area contributed by atoms with Crippen LogP contribution in [0.2, 0.25) is 0 Å². The van der Waals surface area contributed by atoms with E-state index in [1.807, 2.05) is 43.0 Å². The molecule has 1 amide bonds. The zero-order chi connectivity index (χ0) is 15.4. The number of nitrogens with zero attached hydrogens (tertiary/aromatic N) is 1. The number of aromatic nitrogens is 1. The van der Waals surface area contributed by atoms with E-state index in [-0.39, 0.29) is 24.4 Å². The number of rotatable bonds is 4. The fraction of sp³-hybridized carbons (Fsp3) is 0.375. The fourth-order valence-corrected chi connectivity index (χ4v) is 3.35. The van der Waals surface area contributed by atoms with Crippen LogP contribution < -0.4 is 10.6 Å². The maximum absolute atomic E-state index is 12.1. The Morgan fingerprint density at radius 1 is 1.52 bits per heavy atom. The molecule has 1 fully saturated rings. The van der Waals surface area contributed by atoms with Gasteiger partial charge in [-0.3, -0.25) is 4.79 Å². The van der Waals surface area contributed by atoms with Gasteiger partial charge in [-0.1, -0.05) is 6.07 Å². The quantitative estimate of drug-likeness (QED) is 0.884. The first kappa shape index (κ1) is 17.8. The molecule has 1 saturated heterocycles. The van der Waals surface area contributed by atoms with Crippen molar-refractivity contribution in [1.82, 2.24) is 10.3 Å². The second kappa shape index (κ2) is 8.38. The van der Waals surface area contributed by atoms with E-state index in [2.05, 4.69) is 15.6 Å². The van der Waals surface area contributed by atoms with Gasteiger partial charge in [0.1, 0.15) is 6.26 Å². The van der Waals surface area contributed by atoms with Gasteiger partial charge in [0.15, 0.2) is 0 Å². The molecular formula is C16H20ClN3O2S. The molecule has 1 atom stereocenters. The molecule has 0 saturated carbocycles. The number of nitrogens with one attached hydrogen (secondary N) is 2. The molecule has 5 nitrogen and oxygen atoms in total. The molecule has 1 aliphatic heterocycles. The number of thioether (sulfide) groups is 1. The number of carbonyl (C=O) groups excluding carboxylic acids is 1. The highest BCUT2D eigenvalue weighted by atomic mass is 35.5. The molecule has 0 radical (unpaired) electrons. The maximum atomic E-state index is 12.1. The van der Waals surface area contributed by atoms with Gasteiger partial charge in [-0.25, -0.2) is 4.98 Å². The van der Waals surface area contributed by atoms with Crippen LogP contribution in [0, 0.1) is 6.92 Å². The number of benzene rings is 1. The van der Waals surface area contributed by atoms with Crippen LogP contribution in [0.1, 0.15) is 12.1 Å². The Hall–Kier alpha value is -1.50. The van der Waals surface area contributed by atoms with Crippen LogP contribution in [-0.2, 0) is 4.79 Å². The lowest BCUT2D eigenvalue weighted by molar-refractivity contribution is -0.116. The third-order valence-corrected chi connectivity index (χ3v) is 4.57. The van der Waals surface area contributed by atoms with Gasteiger partial charge in [-0.2, -0.15) is 11.8 Å². The van der Waals surface area contributed by atoms with E-state index >= 15 is 0 Å². The van der Waals surface area contributed by atoms with Gasteiger partial charge in [0.25, 0.3) is 0 Å². The lowest BCUT2D eigenvalue weighted by Gasteiger charge is -2.22. The lowest BCUT2D eigenvalue weighted by Crippen LogP contribution is -2.39. The van der Waals surface area contributed by atoms with Gasteiger partial charge in [0.2, 0.25) is 11.8 Å². The molecule has 2 heterocycles. The summed E-state index contributed by atoms with van der Waals surface area (Å²) in [6.45, 7) is 2.86. The van der Waals surface area contributed by atoms with Gasteiger partial charge in [0.05, 0.1) is 5.69 Å². The van der Waals surface area contributed by atoms with E-state index in [1.165, 1.54) is 0 Å². The van der Waals surface area contributed by atoms with Gasteiger partial charge in [-0.05, 0) is 25.1 Å². The number of carbonyl (C=O) groups is 1. The molecule has 1 aromatic carbocycles. The van der Waals surface area contributed by atoms with E-state index in [1.54, 1.807) is 6.26 Å². The number of amides is 1. The summed E-state index contributed by atoms with van der Waals surface area (Å²) < 4.78 is 5.40. The highest BCUT2D eigenvalue weighted by Gasteiger charge is 2.17. The van der Waals surface area contributed by atoms with Crippen LogP contribution in [0.3, 0.4) is 0 Å². The first-order valence-corrected chi connectivity index (χ1v) is 8.50. The molecule has 1 aliphatic rings. The van der Waals surface area contributed by atoms with Crippen molar-refractivity contribution in [1.29, 1.82) is 0 Å². The predicted octanol–water partition coefficient (Wildman–Crippen LogP) is 3.11. The summed E-state index contributed by atoms with van der Waals surface area (Å²) in [6, 6.07) is 7.82. The highest BCUT2D eigenvalue weighted by molar-refractivity contribution is 7.99. The Morgan fingerprint density at radius 2 is 2.39 bits per heavy atom. The lowest BCUT2D eigenvalue weighted by atomic mass is 10.2. The van der Waals surface area contributed by atoms with E-state index < -0.39 is 0 Å². The zero-order valence-corrected chi connectivity index (χ0v) is 14.5. The topological polar surface area (TPSA) is 67.2 Å². The number of hydrogen-bond acceptors (Lipinski definition) is 5. The van der Waals surface area contributed by atoms with Gasteiger partial charge < -0.3 is 15.1 Å². The third kappa shape index (κ3) is 4.99. The molecule has 124 valence electrons. The van der Waals surface area contributed by atoms with E-state index in [4.69, 9.17) is 4.42 Å². The normalized spacial score (nSPS) is 17.3. The first-order valence-electron chi connectivity index (χ1n) is 7.34.